The van der Waals surface area contributed by atoms with E-state index < -0.39 is 0 Å². The van der Waals surface area contributed by atoms with Crippen molar-refractivity contribution in [3.8, 4) is 11.1 Å². The summed E-state index contributed by atoms with van der Waals surface area (Å²) in [6, 6.07) is 55.1. The third-order valence-electron chi connectivity index (χ3n) is 9.06. The molecule has 2 N–H and O–H groups in total. The molecule has 0 aliphatic rings. The van der Waals surface area contributed by atoms with Crippen LogP contribution in [-0.2, 0) is 19.4 Å². The van der Waals surface area contributed by atoms with Gasteiger partial charge >= 0.3 is 0 Å². The van der Waals surface area contributed by atoms with Crippen LogP contribution in [0.4, 0.5) is 34.1 Å². The minimum atomic E-state index is 0.536. The highest BCUT2D eigenvalue weighted by Crippen LogP contribution is 2.38. The number of hydrogen-bond acceptors (Lipinski definition) is 3. The van der Waals surface area contributed by atoms with Crippen LogP contribution in [0.3, 0.4) is 0 Å². The third kappa shape index (κ3) is 7.87. The highest BCUT2D eigenvalue weighted by molar-refractivity contribution is 5.80. The van der Waals surface area contributed by atoms with Gasteiger partial charge in [0, 0.05) is 40.7 Å². The number of aryl methyl sites for hydroxylation is 2. The normalized spacial score (nSPS) is 11.0. The average Bonchev–Trinajstić information content (AvgIpc) is 3.16. The van der Waals surface area contributed by atoms with Crippen LogP contribution < -0.4 is 15.5 Å². The van der Waals surface area contributed by atoms with E-state index in [1.807, 2.05) is 0 Å². The van der Waals surface area contributed by atoms with Gasteiger partial charge in [0.15, 0.2) is 0 Å². The fourth-order valence-corrected chi connectivity index (χ4v) is 6.24. The number of para-hydroxylation sites is 1. The van der Waals surface area contributed by atoms with E-state index in [4.69, 9.17) is 5.73 Å². The smallest absolute Gasteiger partial charge is 0.0462 e. The fraction of sp³-hybridized carbons (Fsp3) is 0.200. The predicted octanol–water partition coefficient (Wildman–Crippen LogP) is 12.4. The Balaban J connectivity index is 1.27. The molecule has 0 radical (unpaired) electrons. The molecular weight excluding hydrogens is 583 g/mol. The number of benzene rings is 6. The summed E-state index contributed by atoms with van der Waals surface area (Å²) in [4.78, 5) is 4.65. The van der Waals surface area contributed by atoms with Crippen LogP contribution in [0, 0.1) is 0 Å². The maximum Gasteiger partial charge on any atom is 0.0462 e. The van der Waals surface area contributed by atoms with E-state index in [9.17, 15) is 0 Å². The molecular formula is C45H47N3. The van der Waals surface area contributed by atoms with Crippen molar-refractivity contribution < 1.29 is 0 Å². The summed E-state index contributed by atoms with van der Waals surface area (Å²) < 4.78 is 0. The summed E-state index contributed by atoms with van der Waals surface area (Å²) in [5.74, 6) is 0. The Kier molecular flexibility index (Phi) is 11.0. The number of hydrogen-bond donors (Lipinski definition) is 1. The van der Waals surface area contributed by atoms with Gasteiger partial charge in [-0.3, -0.25) is 0 Å². The summed E-state index contributed by atoms with van der Waals surface area (Å²) in [6.45, 7) is 5.02. The van der Waals surface area contributed by atoms with Crippen molar-refractivity contribution in [3.63, 3.8) is 0 Å². The van der Waals surface area contributed by atoms with Crippen molar-refractivity contribution >= 4 is 34.1 Å². The van der Waals surface area contributed by atoms with Crippen molar-refractivity contribution in [2.45, 2.75) is 58.9 Å². The van der Waals surface area contributed by atoms with E-state index >= 15 is 0 Å². The Morgan fingerprint density at radius 1 is 0.375 bits per heavy atom. The van der Waals surface area contributed by atoms with E-state index in [1.54, 1.807) is 0 Å². The van der Waals surface area contributed by atoms with E-state index in [0.717, 1.165) is 52.5 Å². The lowest BCUT2D eigenvalue weighted by Gasteiger charge is -2.26. The number of unbranched alkanes of at least 4 members (excludes halogenated alkanes) is 2. The molecule has 0 saturated carbocycles. The second kappa shape index (κ2) is 16.1. The van der Waals surface area contributed by atoms with Gasteiger partial charge in [0.1, 0.15) is 0 Å². The molecule has 3 nitrogen and oxygen atoms in total. The van der Waals surface area contributed by atoms with Gasteiger partial charge in [-0.05, 0) is 126 Å². The molecule has 0 unspecified atom stereocenters. The Hall–Kier alpha value is -5.12. The first-order chi connectivity index (χ1) is 23.7. The molecule has 48 heavy (non-hydrogen) atoms. The molecule has 0 aliphatic heterocycles. The number of rotatable bonds is 14. The van der Waals surface area contributed by atoms with Crippen molar-refractivity contribution in [1.82, 2.24) is 0 Å². The molecule has 0 heterocycles. The topological polar surface area (TPSA) is 32.5 Å². The first-order valence-electron chi connectivity index (χ1n) is 17.5. The molecule has 0 amide bonds. The van der Waals surface area contributed by atoms with Gasteiger partial charge in [-0.15, -0.1) is 0 Å². The van der Waals surface area contributed by atoms with Gasteiger partial charge in [-0.25, -0.2) is 0 Å². The van der Waals surface area contributed by atoms with E-state index in [-0.39, 0.29) is 0 Å². The molecule has 0 saturated heterocycles. The Labute approximate surface area is 287 Å². The van der Waals surface area contributed by atoms with Crippen LogP contribution in [0.5, 0.6) is 0 Å². The Morgan fingerprint density at radius 2 is 0.688 bits per heavy atom. The van der Waals surface area contributed by atoms with Crippen LogP contribution in [0.1, 0.15) is 56.2 Å². The van der Waals surface area contributed by atoms with Crippen molar-refractivity contribution in [1.29, 1.82) is 0 Å². The molecule has 0 aromatic heterocycles. The summed E-state index contributed by atoms with van der Waals surface area (Å²) in [5.41, 5.74) is 19.0. The molecule has 3 heteroatoms. The first-order valence-corrected chi connectivity index (χ1v) is 17.5. The maximum atomic E-state index is 5.92. The molecule has 6 rings (SSSR count). The van der Waals surface area contributed by atoms with Crippen LogP contribution in [-0.4, -0.2) is 0 Å². The van der Waals surface area contributed by atoms with E-state index in [2.05, 4.69) is 175 Å². The van der Waals surface area contributed by atoms with Crippen LogP contribution in [0.2, 0.25) is 0 Å². The molecule has 0 aliphatic carbocycles. The zero-order chi connectivity index (χ0) is 33.1. The van der Waals surface area contributed by atoms with Gasteiger partial charge in [-0.2, -0.15) is 0 Å². The Bertz CT molecular complexity index is 1830. The summed E-state index contributed by atoms with van der Waals surface area (Å²) in [7, 11) is 0. The molecule has 0 bridgehead atoms. The largest absolute Gasteiger partial charge is 0.326 e. The third-order valence-corrected chi connectivity index (χ3v) is 9.06. The average molecular weight is 630 g/mol. The van der Waals surface area contributed by atoms with Gasteiger partial charge in [0.05, 0.1) is 0 Å². The first kappa shape index (κ1) is 32.8. The minimum absolute atomic E-state index is 0.536. The molecule has 0 fully saturated rings. The monoisotopic (exact) mass is 629 g/mol. The molecule has 242 valence electrons. The Morgan fingerprint density at radius 3 is 1.02 bits per heavy atom. The maximum absolute atomic E-state index is 5.92. The van der Waals surface area contributed by atoms with E-state index in [1.165, 1.54) is 47.9 Å². The lowest BCUT2D eigenvalue weighted by molar-refractivity contribution is 0.795. The molecule has 6 aromatic rings. The van der Waals surface area contributed by atoms with Crippen LogP contribution >= 0.6 is 0 Å². The zero-order valence-electron chi connectivity index (χ0n) is 28.4. The number of nitrogens with zero attached hydrogens (tertiary/aromatic N) is 2. The summed E-state index contributed by atoms with van der Waals surface area (Å²) in [5, 5.41) is 0. The van der Waals surface area contributed by atoms with Crippen molar-refractivity contribution in [2.24, 2.45) is 5.73 Å². The highest BCUT2D eigenvalue weighted by atomic mass is 15.1. The quantitative estimate of drug-likeness (QED) is 0.130. The second-order valence-electron chi connectivity index (χ2n) is 12.5. The van der Waals surface area contributed by atoms with Crippen molar-refractivity contribution in [3.05, 3.63) is 168 Å². The molecule has 0 spiro atoms. The zero-order valence-corrected chi connectivity index (χ0v) is 28.4. The predicted molar refractivity (Wildman–Crippen MR) is 206 cm³/mol. The molecule has 0 atom stereocenters. The van der Waals surface area contributed by atoms with Gasteiger partial charge in [0.2, 0.25) is 0 Å². The van der Waals surface area contributed by atoms with Gasteiger partial charge < -0.3 is 15.5 Å². The fourth-order valence-electron chi connectivity index (χ4n) is 6.24. The second-order valence-corrected chi connectivity index (χ2v) is 12.5. The number of nitrogens with two attached hydrogens (primary N) is 1. The summed E-state index contributed by atoms with van der Waals surface area (Å²) >= 11 is 0. The van der Waals surface area contributed by atoms with Crippen LogP contribution in [0.25, 0.3) is 11.1 Å². The van der Waals surface area contributed by atoms with Gasteiger partial charge in [0.25, 0.3) is 0 Å². The lowest BCUT2D eigenvalue weighted by atomic mass is 10.0. The minimum Gasteiger partial charge on any atom is -0.326 e. The number of anilines is 6. The van der Waals surface area contributed by atoms with E-state index in [0.29, 0.717) is 6.54 Å². The van der Waals surface area contributed by atoms with Crippen molar-refractivity contribution in [2.75, 3.05) is 9.80 Å². The van der Waals surface area contributed by atoms with Crippen LogP contribution in [0.15, 0.2) is 152 Å². The standard InChI is InChI=1S/C45H47N3/c1-3-5-10-35-14-24-41(25-15-35)47(40-12-8-7-9-13-40)44-30-20-38(21-31-44)39-22-32-45(33-23-39)48(43-28-18-37(34-46)19-29-43)42-26-16-36(17-27-42)11-6-4-2/h7-9,12-33H,3-6,10-11,34,46H2,1-2H3. The molecule has 6 aromatic carbocycles. The lowest BCUT2D eigenvalue weighted by Crippen LogP contribution is -2.10. The SMILES string of the molecule is CCCCc1ccc(N(c2ccccc2)c2ccc(-c3ccc(N(c4ccc(CN)cc4)c4ccc(CCCC)cc4)cc3)cc2)cc1. The van der Waals surface area contributed by atoms with Gasteiger partial charge in [-0.1, -0.05) is 106 Å². The summed E-state index contributed by atoms with van der Waals surface area (Å²) in [6.07, 6.45) is 7.08. The highest BCUT2D eigenvalue weighted by Gasteiger charge is 2.15.